The Labute approximate surface area is 160 Å². The molecule has 1 fully saturated rings. The first-order valence-electron chi connectivity index (χ1n) is 9.46. The topological polar surface area (TPSA) is 67.4 Å². The van der Waals surface area contributed by atoms with Crippen LogP contribution in [0.25, 0.3) is 0 Å². The summed E-state index contributed by atoms with van der Waals surface area (Å²) in [6.45, 7) is 2.74. The highest BCUT2D eigenvalue weighted by molar-refractivity contribution is 5.79. The van der Waals surface area contributed by atoms with Crippen LogP contribution in [0.4, 0.5) is 0 Å². The number of rotatable bonds is 7. The summed E-state index contributed by atoms with van der Waals surface area (Å²) in [4.78, 5) is 24.5. The highest BCUT2D eigenvalue weighted by atomic mass is 16.5. The fraction of sp³-hybridized carbons (Fsp3) is 0.364. The average Bonchev–Trinajstić information content (AvgIpc) is 3.16. The summed E-state index contributed by atoms with van der Waals surface area (Å²) in [7, 11) is 0. The van der Waals surface area contributed by atoms with Gasteiger partial charge in [-0.05, 0) is 24.5 Å². The lowest BCUT2D eigenvalue weighted by molar-refractivity contribution is -0.145. The molecular formula is C22H26N2O3. The van der Waals surface area contributed by atoms with Crippen molar-refractivity contribution in [1.29, 1.82) is 0 Å². The minimum atomic E-state index is -0.339. The molecule has 2 aromatic carbocycles. The Kier molecular flexibility index (Phi) is 6.60. The van der Waals surface area contributed by atoms with Gasteiger partial charge in [-0.2, -0.15) is 0 Å². The van der Waals surface area contributed by atoms with Crippen LogP contribution in [-0.2, 0) is 14.3 Å². The highest BCUT2D eigenvalue weighted by Crippen LogP contribution is 2.28. The maximum absolute atomic E-state index is 12.7. The van der Waals surface area contributed by atoms with Gasteiger partial charge in [-0.15, -0.1) is 0 Å². The Morgan fingerprint density at radius 1 is 1.07 bits per heavy atom. The number of ether oxygens (including phenoxy) is 1. The SMILES string of the molecule is CCOC(=O)[C@@H]1C[C@H](NC(=O)CC(c2ccccc2)c2ccccc2)CN1. The molecule has 0 spiro atoms. The average molecular weight is 366 g/mol. The molecule has 5 nitrogen and oxygen atoms in total. The van der Waals surface area contributed by atoms with Gasteiger partial charge in [-0.25, -0.2) is 0 Å². The zero-order valence-electron chi connectivity index (χ0n) is 15.6. The van der Waals surface area contributed by atoms with E-state index in [0.717, 1.165) is 11.1 Å². The van der Waals surface area contributed by atoms with Crippen molar-refractivity contribution in [3.63, 3.8) is 0 Å². The second-order valence-electron chi connectivity index (χ2n) is 6.79. The number of benzene rings is 2. The van der Waals surface area contributed by atoms with E-state index in [2.05, 4.69) is 34.9 Å². The van der Waals surface area contributed by atoms with E-state index in [1.165, 1.54) is 0 Å². The smallest absolute Gasteiger partial charge is 0.323 e. The largest absolute Gasteiger partial charge is 0.465 e. The van der Waals surface area contributed by atoms with Gasteiger partial charge in [0.2, 0.25) is 5.91 Å². The number of nitrogens with one attached hydrogen (secondary N) is 2. The van der Waals surface area contributed by atoms with Crippen LogP contribution in [0, 0.1) is 0 Å². The lowest BCUT2D eigenvalue weighted by atomic mass is 9.88. The first kappa shape index (κ1) is 19.1. The van der Waals surface area contributed by atoms with E-state index in [0.29, 0.717) is 26.0 Å². The van der Waals surface area contributed by atoms with E-state index in [1.807, 2.05) is 36.4 Å². The van der Waals surface area contributed by atoms with Crippen LogP contribution in [0.3, 0.4) is 0 Å². The van der Waals surface area contributed by atoms with Crippen molar-refractivity contribution in [1.82, 2.24) is 10.6 Å². The van der Waals surface area contributed by atoms with E-state index in [9.17, 15) is 9.59 Å². The number of hydrogen-bond acceptors (Lipinski definition) is 4. The zero-order chi connectivity index (χ0) is 19.1. The predicted molar refractivity (Wildman–Crippen MR) is 104 cm³/mol. The lowest BCUT2D eigenvalue weighted by Crippen LogP contribution is -2.36. The van der Waals surface area contributed by atoms with Gasteiger partial charge in [0.1, 0.15) is 6.04 Å². The van der Waals surface area contributed by atoms with E-state index >= 15 is 0 Å². The predicted octanol–water partition coefficient (Wildman–Crippen LogP) is 2.62. The molecule has 0 aliphatic carbocycles. The maximum Gasteiger partial charge on any atom is 0.323 e. The summed E-state index contributed by atoms with van der Waals surface area (Å²) in [5.41, 5.74) is 2.24. The number of hydrogen-bond donors (Lipinski definition) is 2. The highest BCUT2D eigenvalue weighted by Gasteiger charge is 2.31. The number of carbonyl (C=O) groups is 2. The molecule has 142 valence electrons. The molecule has 3 rings (SSSR count). The fourth-order valence-corrected chi connectivity index (χ4v) is 3.54. The zero-order valence-corrected chi connectivity index (χ0v) is 15.6. The molecule has 2 aromatic rings. The Morgan fingerprint density at radius 3 is 2.22 bits per heavy atom. The third-order valence-corrected chi connectivity index (χ3v) is 4.86. The molecule has 1 aliphatic heterocycles. The normalized spacial score (nSPS) is 19.0. The standard InChI is InChI=1S/C22H26N2O3/c1-2-27-22(26)20-13-18(15-23-20)24-21(25)14-19(16-9-5-3-6-10-16)17-11-7-4-8-12-17/h3-12,18-20,23H,2,13-15H2,1H3,(H,24,25)/t18-,20-/m0/s1. The van der Waals surface area contributed by atoms with Gasteiger partial charge in [-0.3, -0.25) is 9.59 Å². The van der Waals surface area contributed by atoms with Crippen LogP contribution in [0.2, 0.25) is 0 Å². The summed E-state index contributed by atoms with van der Waals surface area (Å²) in [5.74, 6) is -0.257. The number of amides is 1. The summed E-state index contributed by atoms with van der Waals surface area (Å²) in [6, 6.07) is 19.8. The molecule has 1 heterocycles. The molecule has 27 heavy (non-hydrogen) atoms. The second-order valence-corrected chi connectivity index (χ2v) is 6.79. The second kappa shape index (κ2) is 9.33. The third-order valence-electron chi connectivity index (χ3n) is 4.86. The van der Waals surface area contributed by atoms with Crippen LogP contribution in [0.15, 0.2) is 60.7 Å². The Morgan fingerprint density at radius 2 is 1.67 bits per heavy atom. The molecule has 0 saturated carbocycles. The van der Waals surface area contributed by atoms with Gasteiger partial charge >= 0.3 is 5.97 Å². The molecule has 0 bridgehead atoms. The van der Waals surface area contributed by atoms with E-state index in [-0.39, 0.29) is 29.9 Å². The monoisotopic (exact) mass is 366 g/mol. The molecular weight excluding hydrogens is 340 g/mol. The van der Waals surface area contributed by atoms with Crippen LogP contribution >= 0.6 is 0 Å². The summed E-state index contributed by atoms with van der Waals surface area (Å²) < 4.78 is 5.05. The van der Waals surface area contributed by atoms with E-state index in [4.69, 9.17) is 4.74 Å². The Bertz CT molecular complexity index is 709. The van der Waals surface area contributed by atoms with Crippen molar-refractivity contribution < 1.29 is 14.3 Å². The molecule has 0 radical (unpaired) electrons. The minimum absolute atomic E-state index is 0.00242. The quantitative estimate of drug-likeness (QED) is 0.739. The molecule has 1 saturated heterocycles. The first-order valence-corrected chi connectivity index (χ1v) is 9.46. The van der Waals surface area contributed by atoms with Gasteiger partial charge in [0.25, 0.3) is 0 Å². The van der Waals surface area contributed by atoms with Crippen LogP contribution in [-0.4, -0.2) is 37.1 Å². The lowest BCUT2D eigenvalue weighted by Gasteiger charge is -2.19. The molecule has 2 N–H and O–H groups in total. The third kappa shape index (κ3) is 5.17. The van der Waals surface area contributed by atoms with Crippen molar-refractivity contribution in [3.8, 4) is 0 Å². The summed E-state index contributed by atoms with van der Waals surface area (Å²) >= 11 is 0. The van der Waals surface area contributed by atoms with Gasteiger partial charge in [0, 0.05) is 24.9 Å². The van der Waals surface area contributed by atoms with Crippen LogP contribution in [0.1, 0.15) is 36.8 Å². The van der Waals surface area contributed by atoms with Gasteiger partial charge in [0.15, 0.2) is 0 Å². The van der Waals surface area contributed by atoms with Gasteiger partial charge in [-0.1, -0.05) is 60.7 Å². The van der Waals surface area contributed by atoms with Crippen molar-refractivity contribution >= 4 is 11.9 Å². The van der Waals surface area contributed by atoms with E-state index in [1.54, 1.807) is 6.92 Å². The molecule has 5 heteroatoms. The van der Waals surface area contributed by atoms with Crippen molar-refractivity contribution in [2.24, 2.45) is 0 Å². The van der Waals surface area contributed by atoms with Gasteiger partial charge < -0.3 is 15.4 Å². The molecule has 0 aromatic heterocycles. The molecule has 2 atom stereocenters. The van der Waals surface area contributed by atoms with Crippen molar-refractivity contribution in [3.05, 3.63) is 71.8 Å². The first-order chi connectivity index (χ1) is 13.2. The van der Waals surface area contributed by atoms with Gasteiger partial charge in [0.05, 0.1) is 6.61 Å². The molecule has 1 aliphatic rings. The van der Waals surface area contributed by atoms with Crippen LogP contribution < -0.4 is 10.6 Å². The Balaban J connectivity index is 1.63. The maximum atomic E-state index is 12.7. The van der Waals surface area contributed by atoms with Crippen molar-refractivity contribution in [2.45, 2.75) is 37.8 Å². The summed E-state index contributed by atoms with van der Waals surface area (Å²) in [5, 5.41) is 6.19. The van der Waals surface area contributed by atoms with Crippen molar-refractivity contribution in [2.75, 3.05) is 13.2 Å². The van der Waals surface area contributed by atoms with E-state index < -0.39 is 0 Å². The molecule has 0 unspecified atom stereocenters. The minimum Gasteiger partial charge on any atom is -0.465 e. The Hall–Kier alpha value is -2.66. The molecule has 1 amide bonds. The number of esters is 1. The fourth-order valence-electron chi connectivity index (χ4n) is 3.54. The number of carbonyl (C=O) groups excluding carboxylic acids is 2. The van der Waals surface area contributed by atoms with Crippen LogP contribution in [0.5, 0.6) is 0 Å². The summed E-state index contributed by atoms with van der Waals surface area (Å²) in [6.07, 6.45) is 0.931.